The molecule has 0 saturated heterocycles. The average molecular weight is 451 g/mol. The first kappa shape index (κ1) is 22.1. The van der Waals surface area contributed by atoms with Gasteiger partial charge in [0.2, 0.25) is 0 Å². The largest absolute Gasteiger partial charge is 0.416 e. The second-order valence-electron chi connectivity index (χ2n) is 7.46. The number of aromatic nitrogens is 3. The van der Waals surface area contributed by atoms with Crippen LogP contribution in [0, 0.1) is 13.8 Å². The Morgan fingerprint density at radius 3 is 2.36 bits per heavy atom. The number of imidazole rings is 1. The van der Waals surface area contributed by atoms with Crippen LogP contribution in [0.15, 0.2) is 73.3 Å². The molecule has 6 nitrogen and oxygen atoms in total. The molecule has 0 radical (unpaired) electrons. The van der Waals surface area contributed by atoms with E-state index in [9.17, 15) is 18.0 Å². The van der Waals surface area contributed by atoms with E-state index in [1.165, 1.54) is 19.1 Å². The second kappa shape index (κ2) is 8.78. The number of nitrogens with zero attached hydrogens (tertiary/aromatic N) is 3. The Hall–Kier alpha value is -4.14. The second-order valence-corrected chi connectivity index (χ2v) is 7.46. The lowest BCUT2D eigenvalue weighted by Crippen LogP contribution is -2.20. The van der Waals surface area contributed by atoms with E-state index in [4.69, 9.17) is 0 Å². The third-order valence-electron chi connectivity index (χ3n) is 5.12. The van der Waals surface area contributed by atoms with Gasteiger partial charge >= 0.3 is 12.2 Å². The van der Waals surface area contributed by atoms with E-state index >= 15 is 0 Å². The summed E-state index contributed by atoms with van der Waals surface area (Å²) >= 11 is 0. The molecule has 2 amide bonds. The molecule has 2 aromatic heterocycles. The number of pyridine rings is 1. The average Bonchev–Trinajstić information content (AvgIpc) is 3.26. The summed E-state index contributed by atoms with van der Waals surface area (Å²) in [5.74, 6) is 0.745. The monoisotopic (exact) mass is 451 g/mol. The number of hydrogen-bond donors (Lipinski definition) is 2. The number of carbonyl (C=O) groups is 1. The summed E-state index contributed by atoms with van der Waals surface area (Å²) in [6, 6.07) is 12.2. The highest BCUT2D eigenvalue weighted by Crippen LogP contribution is 2.33. The summed E-state index contributed by atoms with van der Waals surface area (Å²) in [5, 5.41) is 5.14. The fraction of sp³-hybridized carbons (Fsp3) is 0.125. The molecule has 0 spiro atoms. The molecule has 2 heterocycles. The van der Waals surface area contributed by atoms with Crippen LogP contribution in [0.5, 0.6) is 0 Å². The lowest BCUT2D eigenvalue weighted by molar-refractivity contribution is -0.138. The van der Waals surface area contributed by atoms with Crippen molar-refractivity contribution >= 4 is 17.4 Å². The topological polar surface area (TPSA) is 71.8 Å². The van der Waals surface area contributed by atoms with Crippen LogP contribution in [0.4, 0.5) is 29.3 Å². The highest BCUT2D eigenvalue weighted by atomic mass is 19.4. The third kappa shape index (κ3) is 4.87. The summed E-state index contributed by atoms with van der Waals surface area (Å²) < 4.78 is 41.3. The van der Waals surface area contributed by atoms with Crippen LogP contribution in [0.2, 0.25) is 0 Å². The predicted molar refractivity (Wildman–Crippen MR) is 120 cm³/mol. The summed E-state index contributed by atoms with van der Waals surface area (Å²) in [5.41, 5.74) is 2.42. The number of amides is 2. The Morgan fingerprint density at radius 2 is 1.67 bits per heavy atom. The van der Waals surface area contributed by atoms with Crippen molar-refractivity contribution in [3.63, 3.8) is 0 Å². The van der Waals surface area contributed by atoms with Gasteiger partial charge in [-0.1, -0.05) is 6.07 Å². The van der Waals surface area contributed by atoms with Gasteiger partial charge < -0.3 is 10.6 Å². The maximum absolute atomic E-state index is 13.1. The number of rotatable bonds is 4. The Kier molecular flexibility index (Phi) is 5.87. The first-order valence-corrected chi connectivity index (χ1v) is 10.0. The minimum Gasteiger partial charge on any atom is -0.308 e. The Morgan fingerprint density at radius 1 is 0.909 bits per heavy atom. The molecule has 0 bridgehead atoms. The zero-order valence-corrected chi connectivity index (χ0v) is 17.8. The number of aryl methyl sites for hydroxylation is 2. The quantitative estimate of drug-likeness (QED) is 0.387. The zero-order chi connectivity index (χ0) is 23.6. The van der Waals surface area contributed by atoms with Gasteiger partial charge in [-0.05, 0) is 67.4 Å². The van der Waals surface area contributed by atoms with Crippen molar-refractivity contribution in [2.45, 2.75) is 20.0 Å². The lowest BCUT2D eigenvalue weighted by atomic mass is 10.1. The van der Waals surface area contributed by atoms with Crippen molar-refractivity contribution in [1.82, 2.24) is 14.5 Å². The molecular formula is C24H20F3N5O. The molecule has 168 valence electrons. The van der Waals surface area contributed by atoms with Crippen LogP contribution < -0.4 is 10.6 Å². The third-order valence-corrected chi connectivity index (χ3v) is 5.12. The molecule has 33 heavy (non-hydrogen) atoms. The van der Waals surface area contributed by atoms with Crippen LogP contribution in [-0.4, -0.2) is 20.6 Å². The Balaban J connectivity index is 1.51. The predicted octanol–water partition coefficient (Wildman–Crippen LogP) is 6.21. The lowest BCUT2D eigenvalue weighted by Gasteiger charge is -2.15. The number of benzene rings is 2. The highest BCUT2D eigenvalue weighted by Gasteiger charge is 2.32. The maximum atomic E-state index is 13.1. The van der Waals surface area contributed by atoms with Gasteiger partial charge in [-0.3, -0.25) is 9.55 Å². The molecule has 0 unspecified atom stereocenters. The van der Waals surface area contributed by atoms with Crippen LogP contribution in [-0.2, 0) is 6.18 Å². The van der Waals surface area contributed by atoms with Crippen LogP contribution in [0.25, 0.3) is 17.1 Å². The van der Waals surface area contributed by atoms with E-state index in [2.05, 4.69) is 20.6 Å². The fourth-order valence-electron chi connectivity index (χ4n) is 3.45. The number of alkyl halides is 3. The first-order chi connectivity index (χ1) is 15.7. The maximum Gasteiger partial charge on any atom is 0.416 e. The van der Waals surface area contributed by atoms with E-state index in [1.807, 2.05) is 42.0 Å². The van der Waals surface area contributed by atoms with Gasteiger partial charge in [-0.2, -0.15) is 13.2 Å². The molecule has 4 rings (SSSR count). The van der Waals surface area contributed by atoms with Gasteiger partial charge in [-0.25, -0.2) is 9.78 Å². The molecule has 0 saturated carbocycles. The standard InChI is InChI=1S/C24H20F3N5O/c1-15-3-4-18(14-20(15)24(25,26)27)30-23(33)31-21-6-5-19(13-16(21)2)32-12-11-29-22(32)17-7-9-28-10-8-17/h3-14H,1-2H3,(H2,30,31,33). The summed E-state index contributed by atoms with van der Waals surface area (Å²) in [7, 11) is 0. The Labute approximate surface area is 188 Å². The zero-order valence-electron chi connectivity index (χ0n) is 17.8. The van der Waals surface area contributed by atoms with Crippen molar-refractivity contribution < 1.29 is 18.0 Å². The molecule has 2 aromatic carbocycles. The van der Waals surface area contributed by atoms with Gasteiger partial charge in [0.25, 0.3) is 0 Å². The minimum absolute atomic E-state index is 0.0557. The summed E-state index contributed by atoms with van der Waals surface area (Å²) in [4.78, 5) is 20.8. The molecule has 0 aliphatic heterocycles. The molecule has 2 N–H and O–H groups in total. The molecular weight excluding hydrogens is 431 g/mol. The summed E-state index contributed by atoms with van der Waals surface area (Å²) in [6.45, 7) is 3.20. The van der Waals surface area contributed by atoms with Crippen molar-refractivity contribution in [3.8, 4) is 17.1 Å². The molecule has 4 aromatic rings. The SMILES string of the molecule is Cc1cc(-n2ccnc2-c2ccncc2)ccc1NC(=O)Nc1ccc(C)c(C(F)(F)F)c1. The minimum atomic E-state index is -4.49. The number of hydrogen-bond acceptors (Lipinski definition) is 3. The van der Waals surface area contributed by atoms with Crippen molar-refractivity contribution in [3.05, 3.63) is 90.0 Å². The molecule has 9 heteroatoms. The highest BCUT2D eigenvalue weighted by molar-refractivity contribution is 6.00. The van der Waals surface area contributed by atoms with Crippen molar-refractivity contribution in [2.75, 3.05) is 10.6 Å². The van der Waals surface area contributed by atoms with Crippen LogP contribution in [0.3, 0.4) is 0 Å². The fourth-order valence-corrected chi connectivity index (χ4v) is 3.45. The van der Waals surface area contributed by atoms with Gasteiger partial charge in [-0.15, -0.1) is 0 Å². The number of halogens is 3. The Bertz CT molecular complexity index is 1300. The van der Waals surface area contributed by atoms with E-state index in [-0.39, 0.29) is 11.3 Å². The van der Waals surface area contributed by atoms with Gasteiger partial charge in [0.15, 0.2) is 0 Å². The van der Waals surface area contributed by atoms with Gasteiger partial charge in [0.1, 0.15) is 5.82 Å². The molecule has 0 atom stereocenters. The van der Waals surface area contributed by atoms with Gasteiger partial charge in [0.05, 0.1) is 5.56 Å². The molecule has 0 aliphatic rings. The van der Waals surface area contributed by atoms with Crippen molar-refractivity contribution in [2.24, 2.45) is 0 Å². The van der Waals surface area contributed by atoms with Crippen LogP contribution >= 0.6 is 0 Å². The van der Waals surface area contributed by atoms with E-state index < -0.39 is 17.8 Å². The number of carbonyl (C=O) groups excluding carboxylic acids is 1. The summed E-state index contributed by atoms with van der Waals surface area (Å²) in [6.07, 6.45) is 2.42. The normalized spacial score (nSPS) is 11.3. The van der Waals surface area contributed by atoms with Gasteiger partial charge in [0, 0.05) is 47.4 Å². The van der Waals surface area contributed by atoms with Crippen molar-refractivity contribution in [1.29, 1.82) is 0 Å². The van der Waals surface area contributed by atoms with E-state index in [0.29, 0.717) is 5.69 Å². The molecule has 0 aliphatic carbocycles. The smallest absolute Gasteiger partial charge is 0.308 e. The number of nitrogens with one attached hydrogen (secondary N) is 2. The number of urea groups is 1. The molecule has 0 fully saturated rings. The first-order valence-electron chi connectivity index (χ1n) is 10.0. The van der Waals surface area contributed by atoms with Crippen LogP contribution in [0.1, 0.15) is 16.7 Å². The van der Waals surface area contributed by atoms with E-state index in [0.717, 1.165) is 28.7 Å². The van der Waals surface area contributed by atoms with E-state index in [1.54, 1.807) is 24.7 Å². The number of anilines is 2.